The van der Waals surface area contributed by atoms with Gasteiger partial charge < -0.3 is 18.9 Å². The number of thioether (sulfide) groups is 1. The molecular formula is C24H30N4O6S. The summed E-state index contributed by atoms with van der Waals surface area (Å²) in [5.74, 6) is 1.64. The maximum absolute atomic E-state index is 12.4. The number of hydrazone groups is 2. The Kier molecular flexibility index (Phi) is 10.9. The van der Waals surface area contributed by atoms with Gasteiger partial charge in [-0.05, 0) is 61.4 Å². The molecule has 0 aromatic heterocycles. The number of rotatable bonds is 12. The number of hydrogen-bond donors (Lipinski definition) is 2. The molecule has 2 unspecified atom stereocenters. The molecule has 0 saturated carbocycles. The van der Waals surface area contributed by atoms with Crippen LogP contribution in [0.1, 0.15) is 25.0 Å². The van der Waals surface area contributed by atoms with Crippen molar-refractivity contribution in [1.82, 2.24) is 10.9 Å². The number of benzene rings is 2. The zero-order valence-corrected chi connectivity index (χ0v) is 21.3. The molecule has 0 saturated heterocycles. The molecule has 2 N–H and O–H groups in total. The third-order valence-corrected chi connectivity index (χ3v) is 5.98. The normalized spacial score (nSPS) is 12.7. The molecule has 0 fully saturated rings. The van der Waals surface area contributed by atoms with Crippen LogP contribution in [-0.2, 0) is 9.59 Å². The minimum absolute atomic E-state index is 0.333. The monoisotopic (exact) mass is 502 g/mol. The summed E-state index contributed by atoms with van der Waals surface area (Å²) in [6.45, 7) is 3.39. The van der Waals surface area contributed by atoms with E-state index in [4.69, 9.17) is 18.9 Å². The standard InChI is InChI=1S/C24H30N4O6S/c1-15(23(29)27-25-13-17-7-9-19(31-3)21(11-17)33-5)35-16(2)24(30)28-26-14-18-8-10-20(32-4)22(12-18)34-6/h7-16H,1-6H3,(H,27,29)(H,28,30)/b25-13-,26-14?. The van der Waals surface area contributed by atoms with Crippen molar-refractivity contribution in [3.8, 4) is 23.0 Å². The number of carbonyl (C=O) groups is 2. The quantitative estimate of drug-likeness (QED) is 0.338. The Morgan fingerprint density at radius 2 is 1.09 bits per heavy atom. The molecule has 2 atom stereocenters. The molecule has 0 aliphatic carbocycles. The Morgan fingerprint density at radius 3 is 1.43 bits per heavy atom. The molecule has 0 aliphatic rings. The van der Waals surface area contributed by atoms with Gasteiger partial charge in [0.05, 0.1) is 51.4 Å². The number of carbonyl (C=O) groups excluding carboxylic acids is 2. The topological polar surface area (TPSA) is 120 Å². The predicted molar refractivity (Wildman–Crippen MR) is 137 cm³/mol. The molecule has 2 rings (SSSR count). The Bertz CT molecular complexity index is 992. The van der Waals surface area contributed by atoms with E-state index in [1.165, 1.54) is 38.4 Å². The third kappa shape index (κ3) is 8.21. The highest BCUT2D eigenvalue weighted by Crippen LogP contribution is 2.27. The van der Waals surface area contributed by atoms with Crippen molar-refractivity contribution < 1.29 is 28.5 Å². The van der Waals surface area contributed by atoms with Gasteiger partial charge in [-0.3, -0.25) is 9.59 Å². The van der Waals surface area contributed by atoms with Gasteiger partial charge in [-0.15, -0.1) is 11.8 Å². The summed E-state index contributed by atoms with van der Waals surface area (Å²) >= 11 is 1.19. The average Bonchev–Trinajstić information content (AvgIpc) is 2.87. The van der Waals surface area contributed by atoms with Gasteiger partial charge in [-0.2, -0.15) is 10.2 Å². The molecule has 35 heavy (non-hydrogen) atoms. The Labute approximate surface area is 209 Å². The Balaban J connectivity index is 1.84. The second-order valence-electron chi connectivity index (χ2n) is 7.12. The summed E-state index contributed by atoms with van der Waals surface area (Å²) in [5, 5.41) is 6.92. The van der Waals surface area contributed by atoms with Gasteiger partial charge in [-0.25, -0.2) is 10.9 Å². The van der Waals surface area contributed by atoms with E-state index in [0.717, 1.165) is 11.1 Å². The first-order chi connectivity index (χ1) is 16.8. The minimum atomic E-state index is -0.520. The molecule has 2 aromatic carbocycles. The minimum Gasteiger partial charge on any atom is -0.493 e. The smallest absolute Gasteiger partial charge is 0.252 e. The van der Waals surface area contributed by atoms with E-state index in [1.54, 1.807) is 64.5 Å². The summed E-state index contributed by atoms with van der Waals surface area (Å²) in [6, 6.07) is 10.5. The fraction of sp³-hybridized carbons (Fsp3) is 0.333. The molecule has 2 amide bonds. The van der Waals surface area contributed by atoms with E-state index >= 15 is 0 Å². The molecule has 10 nitrogen and oxygen atoms in total. The van der Waals surface area contributed by atoms with Crippen molar-refractivity contribution >= 4 is 36.0 Å². The number of nitrogens with one attached hydrogen (secondary N) is 2. The molecule has 0 aliphatic heterocycles. The molecular weight excluding hydrogens is 472 g/mol. The van der Waals surface area contributed by atoms with Crippen LogP contribution in [0.3, 0.4) is 0 Å². The van der Waals surface area contributed by atoms with Crippen LogP contribution in [0.5, 0.6) is 23.0 Å². The van der Waals surface area contributed by atoms with E-state index < -0.39 is 10.5 Å². The average molecular weight is 503 g/mol. The van der Waals surface area contributed by atoms with Crippen LogP contribution in [0.4, 0.5) is 0 Å². The lowest BCUT2D eigenvalue weighted by Crippen LogP contribution is -2.33. The number of amides is 2. The lowest BCUT2D eigenvalue weighted by atomic mass is 10.2. The summed E-state index contributed by atoms with van der Waals surface area (Å²) in [7, 11) is 6.18. The summed E-state index contributed by atoms with van der Waals surface area (Å²) < 4.78 is 20.9. The Hall–Kier alpha value is -3.73. The van der Waals surface area contributed by atoms with E-state index in [0.29, 0.717) is 23.0 Å². The lowest BCUT2D eigenvalue weighted by Gasteiger charge is -2.14. The van der Waals surface area contributed by atoms with Crippen LogP contribution in [0, 0.1) is 0 Å². The first kappa shape index (κ1) is 27.5. The zero-order valence-electron chi connectivity index (χ0n) is 20.5. The second-order valence-corrected chi connectivity index (χ2v) is 8.80. The van der Waals surface area contributed by atoms with Crippen LogP contribution < -0.4 is 29.8 Å². The first-order valence-corrected chi connectivity index (χ1v) is 11.5. The molecule has 0 radical (unpaired) electrons. The molecule has 0 spiro atoms. The highest BCUT2D eigenvalue weighted by Gasteiger charge is 2.21. The van der Waals surface area contributed by atoms with Gasteiger partial charge in [0.25, 0.3) is 11.8 Å². The maximum Gasteiger partial charge on any atom is 0.252 e. The molecule has 0 bridgehead atoms. The second kappa shape index (κ2) is 13.9. The van der Waals surface area contributed by atoms with Crippen molar-refractivity contribution in [2.45, 2.75) is 24.3 Å². The molecule has 0 heterocycles. The van der Waals surface area contributed by atoms with Crippen molar-refractivity contribution in [3.05, 3.63) is 47.5 Å². The third-order valence-electron chi connectivity index (χ3n) is 4.74. The first-order valence-electron chi connectivity index (χ1n) is 10.6. The fourth-order valence-electron chi connectivity index (χ4n) is 2.82. The van der Waals surface area contributed by atoms with Crippen molar-refractivity contribution in [2.24, 2.45) is 10.2 Å². The van der Waals surface area contributed by atoms with Crippen LogP contribution in [0.15, 0.2) is 46.6 Å². The van der Waals surface area contributed by atoms with E-state index in [-0.39, 0.29) is 11.8 Å². The van der Waals surface area contributed by atoms with Gasteiger partial charge in [0, 0.05) is 0 Å². The van der Waals surface area contributed by atoms with Gasteiger partial charge in [0.15, 0.2) is 23.0 Å². The van der Waals surface area contributed by atoms with Gasteiger partial charge in [0.1, 0.15) is 0 Å². The van der Waals surface area contributed by atoms with Crippen LogP contribution in [0.25, 0.3) is 0 Å². The van der Waals surface area contributed by atoms with E-state index in [2.05, 4.69) is 21.1 Å². The maximum atomic E-state index is 12.4. The van der Waals surface area contributed by atoms with Crippen LogP contribution >= 0.6 is 11.8 Å². The molecule has 2 aromatic rings. The number of methoxy groups -OCH3 is 4. The van der Waals surface area contributed by atoms with E-state index in [9.17, 15) is 9.59 Å². The summed E-state index contributed by atoms with van der Waals surface area (Å²) in [6.07, 6.45) is 2.99. The van der Waals surface area contributed by atoms with E-state index in [1.807, 2.05) is 0 Å². The van der Waals surface area contributed by atoms with Crippen molar-refractivity contribution in [2.75, 3.05) is 28.4 Å². The van der Waals surface area contributed by atoms with Gasteiger partial charge in [-0.1, -0.05) is 0 Å². The predicted octanol–water partition coefficient (Wildman–Crippen LogP) is 2.83. The SMILES string of the molecule is COc1ccc(C=NNC(=O)C(C)SC(C)C(=O)N/N=C\c2ccc(OC)c(OC)c2)cc1OC. The van der Waals surface area contributed by atoms with Gasteiger partial charge in [0.2, 0.25) is 0 Å². The summed E-state index contributed by atoms with van der Waals surface area (Å²) in [5.41, 5.74) is 6.41. The van der Waals surface area contributed by atoms with Crippen molar-refractivity contribution in [1.29, 1.82) is 0 Å². The Morgan fingerprint density at radius 1 is 0.714 bits per heavy atom. The zero-order chi connectivity index (χ0) is 25.8. The number of nitrogens with zero attached hydrogens (tertiary/aromatic N) is 2. The fourth-order valence-corrected chi connectivity index (χ4v) is 3.78. The lowest BCUT2D eigenvalue weighted by molar-refractivity contribution is -0.120. The molecule has 11 heteroatoms. The number of hydrogen-bond acceptors (Lipinski definition) is 9. The van der Waals surface area contributed by atoms with Crippen LogP contribution in [-0.4, -0.2) is 63.2 Å². The largest absolute Gasteiger partial charge is 0.493 e. The number of ether oxygens (including phenoxy) is 4. The van der Waals surface area contributed by atoms with Crippen LogP contribution in [0.2, 0.25) is 0 Å². The summed E-state index contributed by atoms with van der Waals surface area (Å²) in [4.78, 5) is 24.7. The molecule has 188 valence electrons. The van der Waals surface area contributed by atoms with Gasteiger partial charge >= 0.3 is 0 Å². The van der Waals surface area contributed by atoms with Crippen molar-refractivity contribution in [3.63, 3.8) is 0 Å². The highest BCUT2D eigenvalue weighted by atomic mass is 32.2. The highest BCUT2D eigenvalue weighted by molar-refractivity contribution is 8.01.